The number of ether oxygens (including phenoxy) is 1. The minimum Gasteiger partial charge on any atom is -0.508 e. The van der Waals surface area contributed by atoms with E-state index in [-0.39, 0.29) is 11.3 Å². The van der Waals surface area contributed by atoms with Crippen LogP contribution in [0.2, 0.25) is 0 Å². The van der Waals surface area contributed by atoms with Gasteiger partial charge in [-0.2, -0.15) is 0 Å². The van der Waals surface area contributed by atoms with Crippen molar-refractivity contribution in [3.63, 3.8) is 0 Å². The summed E-state index contributed by atoms with van der Waals surface area (Å²) < 4.78 is 4.80. The van der Waals surface area contributed by atoms with Crippen molar-refractivity contribution in [2.75, 3.05) is 7.11 Å². The predicted molar refractivity (Wildman–Crippen MR) is 47.3 cm³/mol. The molecule has 1 aromatic carbocycles. The molecule has 5 heteroatoms. The number of carbonyl (C=O) groups is 1. The molecule has 76 valence electrons. The molecule has 0 spiro atoms. The highest BCUT2D eigenvalue weighted by molar-refractivity contribution is 5.74. The number of carboxylic acids is 1. The molecular formula is C9H10O5. The third-order valence-corrected chi connectivity index (χ3v) is 1.70. The quantitative estimate of drug-likeness (QED) is 0.659. The number of rotatable bonds is 3. The topological polar surface area (TPSA) is 87.0 Å². The Bertz CT molecular complexity index is 347. The number of phenolic OH excluding ortho intramolecular Hbond substituents is 1. The van der Waals surface area contributed by atoms with Gasteiger partial charge in [-0.3, -0.25) is 0 Å². The normalized spacial score (nSPS) is 12.1. The fraction of sp³-hybridized carbons (Fsp3) is 0.222. The summed E-state index contributed by atoms with van der Waals surface area (Å²) in [5.74, 6) is -1.24. The molecule has 5 nitrogen and oxygen atoms in total. The number of phenols is 1. The predicted octanol–water partition coefficient (Wildman–Crippen LogP) is 0.519. The summed E-state index contributed by atoms with van der Waals surface area (Å²) in [7, 11) is 1.38. The van der Waals surface area contributed by atoms with Crippen LogP contribution in [0.15, 0.2) is 18.2 Å². The first-order valence-electron chi connectivity index (χ1n) is 3.83. The molecule has 1 rings (SSSR count). The van der Waals surface area contributed by atoms with Crippen molar-refractivity contribution >= 4 is 5.97 Å². The highest BCUT2D eigenvalue weighted by Crippen LogP contribution is 2.25. The lowest BCUT2D eigenvalue weighted by molar-refractivity contribution is -0.146. The molecule has 0 heterocycles. The maximum atomic E-state index is 10.4. The highest BCUT2D eigenvalue weighted by Gasteiger charge is 2.17. The third kappa shape index (κ3) is 2.14. The second kappa shape index (κ2) is 3.97. The minimum absolute atomic E-state index is 0.0781. The lowest BCUT2D eigenvalue weighted by Crippen LogP contribution is -2.10. The van der Waals surface area contributed by atoms with Crippen LogP contribution in [0.1, 0.15) is 11.7 Å². The Labute approximate surface area is 80.2 Å². The Morgan fingerprint density at radius 3 is 2.57 bits per heavy atom. The zero-order chi connectivity index (χ0) is 10.7. The monoisotopic (exact) mass is 198 g/mol. The number of benzene rings is 1. The van der Waals surface area contributed by atoms with Crippen LogP contribution in [0.3, 0.4) is 0 Å². The molecular weight excluding hydrogens is 188 g/mol. The standard InChI is InChI=1S/C9H10O5/c1-14-7-3-5(2-6(10)4-7)8(11)9(12)13/h2-4,8,10-11H,1H3,(H,12,13). The molecule has 0 saturated heterocycles. The van der Waals surface area contributed by atoms with Gasteiger partial charge >= 0.3 is 5.97 Å². The minimum atomic E-state index is -1.66. The van der Waals surface area contributed by atoms with E-state index in [0.717, 1.165) is 0 Å². The maximum Gasteiger partial charge on any atom is 0.337 e. The molecule has 3 N–H and O–H groups in total. The molecule has 0 fully saturated rings. The molecule has 0 aromatic heterocycles. The summed E-state index contributed by atoms with van der Waals surface area (Å²) >= 11 is 0. The van der Waals surface area contributed by atoms with Crippen LogP contribution in [0, 0.1) is 0 Å². The third-order valence-electron chi connectivity index (χ3n) is 1.70. The van der Waals surface area contributed by atoms with E-state index >= 15 is 0 Å². The van der Waals surface area contributed by atoms with Crippen molar-refractivity contribution in [3.8, 4) is 11.5 Å². The van der Waals surface area contributed by atoms with Crippen LogP contribution in [0.4, 0.5) is 0 Å². The van der Waals surface area contributed by atoms with Crippen LogP contribution >= 0.6 is 0 Å². The zero-order valence-electron chi connectivity index (χ0n) is 7.47. The van der Waals surface area contributed by atoms with Crippen LogP contribution < -0.4 is 4.74 Å². The number of aliphatic hydroxyl groups is 1. The lowest BCUT2D eigenvalue weighted by Gasteiger charge is -2.08. The lowest BCUT2D eigenvalue weighted by atomic mass is 10.1. The number of methoxy groups -OCH3 is 1. The van der Waals surface area contributed by atoms with E-state index in [9.17, 15) is 15.0 Å². The summed E-state index contributed by atoms with van der Waals surface area (Å²) in [5, 5.41) is 26.9. The van der Waals surface area contributed by atoms with E-state index in [1.165, 1.54) is 25.3 Å². The largest absolute Gasteiger partial charge is 0.508 e. The van der Waals surface area contributed by atoms with Crippen LogP contribution in [-0.4, -0.2) is 28.4 Å². The van der Waals surface area contributed by atoms with Gasteiger partial charge in [0, 0.05) is 6.07 Å². The van der Waals surface area contributed by atoms with E-state index in [4.69, 9.17) is 9.84 Å². The molecule has 0 aliphatic heterocycles. The van der Waals surface area contributed by atoms with Gasteiger partial charge in [0.25, 0.3) is 0 Å². The van der Waals surface area contributed by atoms with Gasteiger partial charge in [-0.1, -0.05) is 0 Å². The van der Waals surface area contributed by atoms with E-state index in [0.29, 0.717) is 5.75 Å². The van der Waals surface area contributed by atoms with Crippen molar-refractivity contribution in [3.05, 3.63) is 23.8 Å². The SMILES string of the molecule is COc1cc(O)cc(C(O)C(=O)O)c1. The maximum absolute atomic E-state index is 10.4. The summed E-state index contributed by atoms with van der Waals surface area (Å²) in [6.07, 6.45) is -1.66. The van der Waals surface area contributed by atoms with E-state index < -0.39 is 12.1 Å². The van der Waals surface area contributed by atoms with E-state index in [2.05, 4.69) is 0 Å². The van der Waals surface area contributed by atoms with Gasteiger partial charge in [0.1, 0.15) is 11.5 Å². The molecule has 0 aliphatic rings. The van der Waals surface area contributed by atoms with Gasteiger partial charge in [0.05, 0.1) is 7.11 Å². The number of aromatic hydroxyl groups is 1. The second-order valence-electron chi connectivity index (χ2n) is 2.71. The van der Waals surface area contributed by atoms with E-state index in [1.54, 1.807) is 0 Å². The highest BCUT2D eigenvalue weighted by atomic mass is 16.5. The molecule has 0 amide bonds. The fourth-order valence-electron chi connectivity index (χ4n) is 1.02. The van der Waals surface area contributed by atoms with Crippen LogP contribution in [0.25, 0.3) is 0 Å². The van der Waals surface area contributed by atoms with Crippen molar-refractivity contribution in [2.45, 2.75) is 6.10 Å². The Morgan fingerprint density at radius 2 is 2.07 bits per heavy atom. The number of aliphatic hydroxyl groups excluding tert-OH is 1. The van der Waals surface area contributed by atoms with Gasteiger partial charge in [-0.05, 0) is 17.7 Å². The molecule has 0 radical (unpaired) electrons. The first-order chi connectivity index (χ1) is 6.54. The average Bonchev–Trinajstić information content (AvgIpc) is 2.15. The number of carboxylic acid groups (broad SMARTS) is 1. The Morgan fingerprint density at radius 1 is 1.43 bits per heavy atom. The van der Waals surface area contributed by atoms with Gasteiger partial charge < -0.3 is 20.1 Å². The number of aliphatic carboxylic acids is 1. The number of hydrogen-bond donors (Lipinski definition) is 3. The smallest absolute Gasteiger partial charge is 0.337 e. The molecule has 1 atom stereocenters. The van der Waals surface area contributed by atoms with Gasteiger partial charge in [0.2, 0.25) is 0 Å². The molecule has 0 saturated carbocycles. The van der Waals surface area contributed by atoms with Gasteiger partial charge in [-0.15, -0.1) is 0 Å². The summed E-state index contributed by atoms with van der Waals surface area (Å²) in [5.41, 5.74) is 0.0781. The Balaban J connectivity index is 3.08. The number of hydrogen-bond acceptors (Lipinski definition) is 4. The molecule has 0 aliphatic carbocycles. The molecule has 1 aromatic rings. The van der Waals surface area contributed by atoms with Gasteiger partial charge in [0.15, 0.2) is 6.10 Å². The van der Waals surface area contributed by atoms with Crippen molar-refractivity contribution in [1.29, 1.82) is 0 Å². The van der Waals surface area contributed by atoms with Crippen molar-refractivity contribution in [1.82, 2.24) is 0 Å². The van der Waals surface area contributed by atoms with E-state index in [1.807, 2.05) is 0 Å². The summed E-state index contributed by atoms with van der Waals surface area (Å²) in [4.78, 5) is 10.4. The fourth-order valence-corrected chi connectivity index (χ4v) is 1.02. The summed E-state index contributed by atoms with van der Waals surface area (Å²) in [6.45, 7) is 0. The zero-order valence-corrected chi connectivity index (χ0v) is 7.47. The first-order valence-corrected chi connectivity index (χ1v) is 3.83. The van der Waals surface area contributed by atoms with Crippen LogP contribution in [-0.2, 0) is 4.79 Å². The van der Waals surface area contributed by atoms with Crippen LogP contribution in [0.5, 0.6) is 11.5 Å². The van der Waals surface area contributed by atoms with Crippen molar-refractivity contribution in [2.24, 2.45) is 0 Å². The average molecular weight is 198 g/mol. The van der Waals surface area contributed by atoms with Gasteiger partial charge in [-0.25, -0.2) is 4.79 Å². The second-order valence-corrected chi connectivity index (χ2v) is 2.71. The molecule has 14 heavy (non-hydrogen) atoms. The Kier molecular flexibility index (Phi) is 2.93. The Hall–Kier alpha value is -1.75. The summed E-state index contributed by atoms with van der Waals surface area (Å²) in [6, 6.07) is 3.83. The van der Waals surface area contributed by atoms with Crippen molar-refractivity contribution < 1.29 is 24.9 Å². The first kappa shape index (κ1) is 10.3. The molecule has 1 unspecified atom stereocenters. The molecule has 0 bridgehead atoms.